The van der Waals surface area contributed by atoms with Gasteiger partial charge in [-0.05, 0) is 42.9 Å². The quantitative estimate of drug-likeness (QED) is 0.871. The Morgan fingerprint density at radius 1 is 1.15 bits per heavy atom. The van der Waals surface area contributed by atoms with Crippen LogP contribution in [0.2, 0.25) is 0 Å². The third-order valence-corrected chi connectivity index (χ3v) is 4.55. The third kappa shape index (κ3) is 2.72. The summed E-state index contributed by atoms with van der Waals surface area (Å²) < 4.78 is 0. The lowest BCUT2D eigenvalue weighted by Gasteiger charge is -2.36. The summed E-state index contributed by atoms with van der Waals surface area (Å²) in [5.41, 5.74) is 3.46. The van der Waals surface area contributed by atoms with Crippen molar-refractivity contribution in [2.24, 2.45) is 11.8 Å². The monoisotopic (exact) mass is 269 g/mol. The molecule has 0 spiro atoms. The van der Waals surface area contributed by atoms with Gasteiger partial charge in [0.1, 0.15) is 0 Å². The van der Waals surface area contributed by atoms with Gasteiger partial charge in [-0.3, -0.25) is 5.10 Å². The predicted octanol–water partition coefficient (Wildman–Crippen LogP) is 4.31. The van der Waals surface area contributed by atoms with Crippen LogP contribution in [0.15, 0.2) is 36.5 Å². The maximum Gasteiger partial charge on any atom is 0.0650 e. The summed E-state index contributed by atoms with van der Waals surface area (Å²) in [4.78, 5) is 0. The van der Waals surface area contributed by atoms with Gasteiger partial charge in [0.25, 0.3) is 0 Å². The van der Waals surface area contributed by atoms with Crippen LogP contribution in [0.4, 0.5) is 5.69 Å². The van der Waals surface area contributed by atoms with Crippen LogP contribution in [0, 0.1) is 11.8 Å². The van der Waals surface area contributed by atoms with Crippen molar-refractivity contribution in [1.82, 2.24) is 10.2 Å². The summed E-state index contributed by atoms with van der Waals surface area (Å²) in [5.74, 6) is 1.49. The number of aromatic nitrogens is 2. The van der Waals surface area contributed by atoms with E-state index in [1.165, 1.54) is 30.5 Å². The highest BCUT2D eigenvalue weighted by Crippen LogP contribution is 2.32. The van der Waals surface area contributed by atoms with E-state index in [9.17, 15) is 0 Å². The molecule has 2 aromatic rings. The van der Waals surface area contributed by atoms with Crippen LogP contribution in [-0.4, -0.2) is 16.2 Å². The standard InChI is InChI=1S/C17H23N3/c1-12-5-3-6-13(2)17(12)19-15-8-4-7-14(11-15)16-9-10-18-20-16/h4,7-13,17,19H,3,5-6H2,1-2H3,(H,18,20). The number of hydrogen-bond acceptors (Lipinski definition) is 2. The van der Waals surface area contributed by atoms with Gasteiger partial charge in [0, 0.05) is 23.5 Å². The first-order valence-corrected chi connectivity index (χ1v) is 7.60. The highest BCUT2D eigenvalue weighted by atomic mass is 15.1. The lowest BCUT2D eigenvalue weighted by molar-refractivity contribution is 0.268. The van der Waals surface area contributed by atoms with Gasteiger partial charge in [-0.2, -0.15) is 5.10 Å². The molecule has 1 heterocycles. The van der Waals surface area contributed by atoms with Gasteiger partial charge < -0.3 is 5.32 Å². The molecule has 0 saturated heterocycles. The number of hydrogen-bond donors (Lipinski definition) is 2. The average Bonchev–Trinajstić information content (AvgIpc) is 2.98. The van der Waals surface area contributed by atoms with Gasteiger partial charge in [-0.15, -0.1) is 0 Å². The number of rotatable bonds is 3. The number of nitrogens with zero attached hydrogens (tertiary/aromatic N) is 1. The first kappa shape index (κ1) is 13.2. The summed E-state index contributed by atoms with van der Waals surface area (Å²) >= 11 is 0. The van der Waals surface area contributed by atoms with E-state index in [0.29, 0.717) is 6.04 Å². The van der Waals surface area contributed by atoms with Crippen molar-refractivity contribution in [2.75, 3.05) is 5.32 Å². The van der Waals surface area contributed by atoms with E-state index in [1.54, 1.807) is 6.20 Å². The lowest BCUT2D eigenvalue weighted by atomic mass is 9.78. The van der Waals surface area contributed by atoms with E-state index in [4.69, 9.17) is 0 Å². The Kier molecular flexibility index (Phi) is 3.77. The fraction of sp³-hybridized carbons (Fsp3) is 0.471. The Morgan fingerprint density at radius 2 is 1.95 bits per heavy atom. The minimum Gasteiger partial charge on any atom is -0.382 e. The fourth-order valence-electron chi connectivity index (χ4n) is 3.35. The van der Waals surface area contributed by atoms with E-state index in [2.05, 4.69) is 53.6 Å². The first-order valence-electron chi connectivity index (χ1n) is 7.60. The summed E-state index contributed by atoms with van der Waals surface area (Å²) in [5, 5.41) is 10.8. The van der Waals surface area contributed by atoms with Crippen molar-refractivity contribution in [1.29, 1.82) is 0 Å². The normalized spacial score (nSPS) is 26.4. The molecule has 0 amide bonds. The molecular weight excluding hydrogens is 246 g/mol. The maximum atomic E-state index is 4.02. The largest absolute Gasteiger partial charge is 0.382 e. The van der Waals surface area contributed by atoms with Crippen molar-refractivity contribution in [3.63, 3.8) is 0 Å². The van der Waals surface area contributed by atoms with Gasteiger partial charge in [-0.25, -0.2) is 0 Å². The second-order valence-corrected chi connectivity index (χ2v) is 6.11. The van der Waals surface area contributed by atoms with Gasteiger partial charge >= 0.3 is 0 Å². The van der Waals surface area contributed by atoms with Crippen LogP contribution in [0.25, 0.3) is 11.3 Å². The van der Waals surface area contributed by atoms with Crippen molar-refractivity contribution in [3.8, 4) is 11.3 Å². The molecule has 106 valence electrons. The smallest absolute Gasteiger partial charge is 0.0650 e. The molecule has 1 fully saturated rings. The van der Waals surface area contributed by atoms with E-state index in [0.717, 1.165) is 17.5 Å². The van der Waals surface area contributed by atoms with Gasteiger partial charge in [0.15, 0.2) is 0 Å². The van der Waals surface area contributed by atoms with Crippen molar-refractivity contribution in [2.45, 2.75) is 39.2 Å². The SMILES string of the molecule is CC1CCCC(C)C1Nc1cccc(-c2ccn[nH]2)c1. The molecule has 2 unspecified atom stereocenters. The average molecular weight is 269 g/mol. The van der Waals surface area contributed by atoms with Crippen LogP contribution in [-0.2, 0) is 0 Å². The topological polar surface area (TPSA) is 40.7 Å². The van der Waals surface area contributed by atoms with Crippen LogP contribution in [0.5, 0.6) is 0 Å². The number of aromatic amines is 1. The Morgan fingerprint density at radius 3 is 2.65 bits per heavy atom. The molecule has 0 bridgehead atoms. The van der Waals surface area contributed by atoms with E-state index in [1.807, 2.05) is 6.07 Å². The number of benzene rings is 1. The zero-order valence-electron chi connectivity index (χ0n) is 12.3. The van der Waals surface area contributed by atoms with Crippen LogP contribution < -0.4 is 5.32 Å². The fourth-order valence-corrected chi connectivity index (χ4v) is 3.35. The highest BCUT2D eigenvalue weighted by Gasteiger charge is 2.27. The van der Waals surface area contributed by atoms with Crippen LogP contribution >= 0.6 is 0 Å². The lowest BCUT2D eigenvalue weighted by Crippen LogP contribution is -2.37. The molecule has 3 rings (SSSR count). The second kappa shape index (κ2) is 5.70. The minimum absolute atomic E-state index is 0.584. The van der Waals surface area contributed by atoms with Crippen LogP contribution in [0.1, 0.15) is 33.1 Å². The zero-order valence-corrected chi connectivity index (χ0v) is 12.3. The Labute approximate surface area is 120 Å². The van der Waals surface area contributed by atoms with Gasteiger partial charge in [0.05, 0.1) is 5.69 Å². The third-order valence-electron chi connectivity index (χ3n) is 4.55. The summed E-state index contributed by atoms with van der Waals surface area (Å²) in [6.07, 6.45) is 5.83. The van der Waals surface area contributed by atoms with E-state index in [-0.39, 0.29) is 0 Å². The number of nitrogens with one attached hydrogen (secondary N) is 2. The second-order valence-electron chi connectivity index (χ2n) is 6.11. The predicted molar refractivity (Wildman–Crippen MR) is 83.6 cm³/mol. The molecule has 2 atom stereocenters. The Bertz CT molecular complexity index is 537. The van der Waals surface area contributed by atoms with Gasteiger partial charge in [-0.1, -0.05) is 32.4 Å². The molecule has 0 aliphatic heterocycles. The van der Waals surface area contributed by atoms with Crippen LogP contribution in [0.3, 0.4) is 0 Å². The van der Waals surface area contributed by atoms with E-state index < -0.39 is 0 Å². The molecule has 20 heavy (non-hydrogen) atoms. The summed E-state index contributed by atoms with van der Waals surface area (Å²) in [6, 6.07) is 11.2. The molecular formula is C17H23N3. The summed E-state index contributed by atoms with van der Waals surface area (Å²) in [6.45, 7) is 4.73. The minimum atomic E-state index is 0.584. The molecule has 1 aromatic heterocycles. The van der Waals surface area contributed by atoms with Crippen molar-refractivity contribution >= 4 is 5.69 Å². The molecule has 2 N–H and O–H groups in total. The molecule has 1 saturated carbocycles. The Balaban J connectivity index is 1.79. The molecule has 1 aromatic carbocycles. The molecule has 0 radical (unpaired) electrons. The highest BCUT2D eigenvalue weighted by molar-refractivity contribution is 5.64. The number of H-pyrrole nitrogens is 1. The number of anilines is 1. The van der Waals surface area contributed by atoms with Gasteiger partial charge in [0.2, 0.25) is 0 Å². The summed E-state index contributed by atoms with van der Waals surface area (Å²) in [7, 11) is 0. The first-order chi connectivity index (χ1) is 9.74. The van der Waals surface area contributed by atoms with Crippen molar-refractivity contribution in [3.05, 3.63) is 36.5 Å². The van der Waals surface area contributed by atoms with Crippen molar-refractivity contribution < 1.29 is 0 Å². The zero-order chi connectivity index (χ0) is 13.9. The molecule has 3 heteroatoms. The maximum absolute atomic E-state index is 4.02. The molecule has 1 aliphatic rings. The molecule has 3 nitrogen and oxygen atoms in total. The Hall–Kier alpha value is -1.77. The molecule has 1 aliphatic carbocycles. The van der Waals surface area contributed by atoms with E-state index >= 15 is 0 Å².